The summed E-state index contributed by atoms with van der Waals surface area (Å²) < 4.78 is 1.51. The average molecular weight is 412 g/mol. The topological polar surface area (TPSA) is 74.5 Å². The number of aromatic nitrogens is 3. The van der Waals surface area contributed by atoms with Gasteiger partial charge in [0.25, 0.3) is 5.91 Å². The SMILES string of the molecule is O=C(c1ncn(C[C@H](O)c2ccccc2)n1)N1CCN(c2cccc(Cl)c2)CC1. The van der Waals surface area contributed by atoms with Crippen LogP contribution in [-0.4, -0.2) is 56.9 Å². The molecule has 1 amide bonds. The number of carbonyl (C=O) groups excluding carboxylic acids is 1. The molecule has 8 heteroatoms. The summed E-state index contributed by atoms with van der Waals surface area (Å²) in [4.78, 5) is 20.9. The molecule has 0 saturated carbocycles. The van der Waals surface area contributed by atoms with Crippen LogP contribution >= 0.6 is 11.6 Å². The number of carbonyl (C=O) groups is 1. The zero-order chi connectivity index (χ0) is 20.2. The molecular weight excluding hydrogens is 390 g/mol. The highest BCUT2D eigenvalue weighted by Gasteiger charge is 2.25. The van der Waals surface area contributed by atoms with Crippen LogP contribution < -0.4 is 4.90 Å². The molecule has 4 rings (SSSR count). The van der Waals surface area contributed by atoms with Crippen LogP contribution in [0.2, 0.25) is 5.02 Å². The van der Waals surface area contributed by atoms with Crippen molar-refractivity contribution in [1.82, 2.24) is 19.7 Å². The van der Waals surface area contributed by atoms with Crippen molar-refractivity contribution in [2.24, 2.45) is 0 Å². The number of rotatable bonds is 5. The van der Waals surface area contributed by atoms with Crippen molar-refractivity contribution in [1.29, 1.82) is 0 Å². The highest BCUT2D eigenvalue weighted by molar-refractivity contribution is 6.30. The third-order valence-corrected chi connectivity index (χ3v) is 5.25. The van der Waals surface area contributed by atoms with E-state index in [1.165, 1.54) is 11.0 Å². The molecule has 3 aromatic rings. The van der Waals surface area contributed by atoms with Crippen molar-refractivity contribution in [3.8, 4) is 0 Å². The Morgan fingerprint density at radius 2 is 1.83 bits per heavy atom. The van der Waals surface area contributed by atoms with Gasteiger partial charge in [0.1, 0.15) is 6.33 Å². The molecule has 0 unspecified atom stereocenters. The molecule has 1 aromatic heterocycles. The zero-order valence-electron chi connectivity index (χ0n) is 15.9. The smallest absolute Gasteiger partial charge is 0.293 e. The van der Waals surface area contributed by atoms with Gasteiger partial charge in [0.05, 0.1) is 12.6 Å². The number of benzene rings is 2. The van der Waals surface area contributed by atoms with Gasteiger partial charge in [-0.3, -0.25) is 4.79 Å². The van der Waals surface area contributed by atoms with Crippen LogP contribution in [-0.2, 0) is 6.54 Å². The van der Waals surface area contributed by atoms with Crippen LogP contribution in [0, 0.1) is 0 Å². The van der Waals surface area contributed by atoms with Gasteiger partial charge in [0.2, 0.25) is 5.82 Å². The first-order valence-corrected chi connectivity index (χ1v) is 9.90. The lowest BCUT2D eigenvalue weighted by molar-refractivity contribution is 0.0733. The number of piperazine rings is 1. The van der Waals surface area contributed by atoms with E-state index in [1.54, 1.807) is 4.90 Å². The summed E-state index contributed by atoms with van der Waals surface area (Å²) in [5.74, 6) is -0.0369. The van der Waals surface area contributed by atoms with E-state index in [0.717, 1.165) is 24.3 Å². The molecule has 1 aliphatic rings. The monoisotopic (exact) mass is 411 g/mol. The summed E-state index contributed by atoms with van der Waals surface area (Å²) in [6.45, 7) is 2.87. The largest absolute Gasteiger partial charge is 0.386 e. The van der Waals surface area contributed by atoms with Gasteiger partial charge in [-0.2, -0.15) is 0 Å². The van der Waals surface area contributed by atoms with Gasteiger partial charge >= 0.3 is 0 Å². The van der Waals surface area contributed by atoms with Crippen molar-refractivity contribution in [2.45, 2.75) is 12.6 Å². The number of halogens is 1. The first-order valence-electron chi connectivity index (χ1n) is 9.52. The maximum absolute atomic E-state index is 12.8. The van der Waals surface area contributed by atoms with Crippen molar-refractivity contribution in [3.63, 3.8) is 0 Å². The summed E-state index contributed by atoms with van der Waals surface area (Å²) in [5, 5.41) is 15.3. The number of amides is 1. The summed E-state index contributed by atoms with van der Waals surface area (Å²) in [6, 6.07) is 17.1. The molecule has 1 saturated heterocycles. The number of aliphatic hydroxyl groups excluding tert-OH is 1. The van der Waals surface area contributed by atoms with Gasteiger partial charge in [-0.15, -0.1) is 5.10 Å². The average Bonchev–Trinajstić information content (AvgIpc) is 3.22. The summed E-state index contributed by atoms with van der Waals surface area (Å²) in [7, 11) is 0. The second kappa shape index (κ2) is 8.63. The minimum Gasteiger partial charge on any atom is -0.386 e. The molecule has 2 heterocycles. The first-order chi connectivity index (χ1) is 14.1. The van der Waals surface area contributed by atoms with Crippen LogP contribution in [0.4, 0.5) is 5.69 Å². The van der Waals surface area contributed by atoms with Crippen LogP contribution in [0.25, 0.3) is 0 Å². The predicted molar refractivity (Wildman–Crippen MR) is 111 cm³/mol. The van der Waals surface area contributed by atoms with Crippen LogP contribution in [0.1, 0.15) is 22.3 Å². The molecule has 0 bridgehead atoms. The highest BCUT2D eigenvalue weighted by atomic mass is 35.5. The van der Waals surface area contributed by atoms with E-state index < -0.39 is 6.10 Å². The molecule has 1 aliphatic heterocycles. The molecular formula is C21H22ClN5O2. The number of nitrogens with zero attached hydrogens (tertiary/aromatic N) is 5. The van der Waals surface area contributed by atoms with Gasteiger partial charge in [-0.1, -0.05) is 48.0 Å². The molecule has 0 radical (unpaired) electrons. The Balaban J connectivity index is 1.35. The van der Waals surface area contributed by atoms with Gasteiger partial charge in [0, 0.05) is 36.9 Å². The van der Waals surface area contributed by atoms with Gasteiger partial charge in [0.15, 0.2) is 0 Å². The second-order valence-corrected chi connectivity index (χ2v) is 7.41. The first kappa shape index (κ1) is 19.4. The fraction of sp³-hybridized carbons (Fsp3) is 0.286. The Morgan fingerprint density at radius 3 is 2.55 bits per heavy atom. The molecule has 29 heavy (non-hydrogen) atoms. The molecule has 2 aromatic carbocycles. The maximum atomic E-state index is 12.8. The zero-order valence-corrected chi connectivity index (χ0v) is 16.6. The fourth-order valence-electron chi connectivity index (χ4n) is 3.42. The lowest BCUT2D eigenvalue weighted by Crippen LogP contribution is -2.49. The van der Waals surface area contributed by atoms with E-state index in [-0.39, 0.29) is 18.3 Å². The summed E-state index contributed by atoms with van der Waals surface area (Å²) in [5.41, 5.74) is 1.86. The summed E-state index contributed by atoms with van der Waals surface area (Å²) >= 11 is 6.07. The molecule has 7 nitrogen and oxygen atoms in total. The second-order valence-electron chi connectivity index (χ2n) is 6.98. The van der Waals surface area contributed by atoms with Crippen LogP contribution in [0.5, 0.6) is 0 Å². The van der Waals surface area contributed by atoms with E-state index in [1.807, 2.05) is 54.6 Å². The Labute approximate surface area is 174 Å². The minimum absolute atomic E-state index is 0.154. The predicted octanol–water partition coefficient (Wildman–Crippen LogP) is 2.63. The number of hydrogen-bond donors (Lipinski definition) is 1. The van der Waals surface area contributed by atoms with Crippen molar-refractivity contribution < 1.29 is 9.90 Å². The molecule has 1 atom stereocenters. The Hall–Kier alpha value is -2.90. The van der Waals surface area contributed by atoms with Crippen molar-refractivity contribution >= 4 is 23.2 Å². The highest BCUT2D eigenvalue weighted by Crippen LogP contribution is 2.21. The molecule has 1 N–H and O–H groups in total. The van der Waals surface area contributed by atoms with E-state index in [0.29, 0.717) is 18.1 Å². The molecule has 0 aliphatic carbocycles. The molecule has 150 valence electrons. The van der Waals surface area contributed by atoms with Crippen molar-refractivity contribution in [2.75, 3.05) is 31.1 Å². The Bertz CT molecular complexity index is 970. The Morgan fingerprint density at radius 1 is 1.07 bits per heavy atom. The number of aliphatic hydroxyl groups is 1. The van der Waals surface area contributed by atoms with Gasteiger partial charge < -0.3 is 14.9 Å². The fourth-order valence-corrected chi connectivity index (χ4v) is 3.60. The van der Waals surface area contributed by atoms with E-state index in [4.69, 9.17) is 11.6 Å². The van der Waals surface area contributed by atoms with Gasteiger partial charge in [-0.05, 0) is 23.8 Å². The Kier molecular flexibility index (Phi) is 5.78. The third kappa shape index (κ3) is 4.58. The standard InChI is InChI=1S/C21H22ClN5O2/c22-17-7-4-8-18(13-17)25-9-11-26(12-10-25)21(29)20-23-15-27(24-20)14-19(28)16-5-2-1-3-6-16/h1-8,13,15,19,28H,9-12,14H2/t19-/m0/s1. The lowest BCUT2D eigenvalue weighted by Gasteiger charge is -2.35. The maximum Gasteiger partial charge on any atom is 0.293 e. The van der Waals surface area contributed by atoms with E-state index in [9.17, 15) is 9.90 Å². The molecule has 1 fully saturated rings. The van der Waals surface area contributed by atoms with Gasteiger partial charge in [-0.25, -0.2) is 9.67 Å². The number of anilines is 1. The third-order valence-electron chi connectivity index (χ3n) is 5.01. The summed E-state index contributed by atoms with van der Waals surface area (Å²) in [6.07, 6.45) is 0.781. The number of hydrogen-bond acceptors (Lipinski definition) is 5. The van der Waals surface area contributed by atoms with Crippen LogP contribution in [0.15, 0.2) is 60.9 Å². The minimum atomic E-state index is -0.706. The normalized spacial score (nSPS) is 15.4. The van der Waals surface area contributed by atoms with Crippen LogP contribution in [0.3, 0.4) is 0 Å². The van der Waals surface area contributed by atoms with E-state index in [2.05, 4.69) is 15.0 Å². The quantitative estimate of drug-likeness (QED) is 0.698. The van der Waals surface area contributed by atoms with E-state index >= 15 is 0 Å². The lowest BCUT2D eigenvalue weighted by atomic mass is 10.1. The van der Waals surface area contributed by atoms with Crippen molar-refractivity contribution in [3.05, 3.63) is 77.3 Å². The molecule has 0 spiro atoms.